The third-order valence-electron chi connectivity index (χ3n) is 3.54. The van der Waals surface area contributed by atoms with E-state index in [0.29, 0.717) is 0 Å². The third-order valence-corrected chi connectivity index (χ3v) is 3.54. The minimum Gasteiger partial charge on any atom is -0.341 e. The predicted molar refractivity (Wildman–Crippen MR) is 90.0 cm³/mol. The molecule has 0 aromatic heterocycles. The van der Waals surface area contributed by atoms with E-state index in [0.717, 1.165) is 11.1 Å². The van der Waals surface area contributed by atoms with Crippen molar-refractivity contribution in [3.63, 3.8) is 0 Å². The van der Waals surface area contributed by atoms with Crippen molar-refractivity contribution in [1.29, 1.82) is 0 Å². The van der Waals surface area contributed by atoms with Crippen LogP contribution in [0.3, 0.4) is 0 Å². The number of likely N-dealkylation sites (N-methyl/N-ethyl adjacent to an activating group) is 1. The van der Waals surface area contributed by atoms with Crippen molar-refractivity contribution in [3.8, 4) is 0 Å². The van der Waals surface area contributed by atoms with Crippen LogP contribution >= 0.6 is 0 Å². The Balaban J connectivity index is 2.21. The molecular formula is C18H21N3O2. The highest BCUT2D eigenvalue weighted by Gasteiger charge is 2.21. The van der Waals surface area contributed by atoms with Gasteiger partial charge in [0.25, 0.3) is 0 Å². The van der Waals surface area contributed by atoms with Gasteiger partial charge in [-0.2, -0.15) is 0 Å². The Morgan fingerprint density at radius 3 is 1.87 bits per heavy atom. The molecule has 2 rings (SSSR count). The van der Waals surface area contributed by atoms with E-state index in [1.165, 1.54) is 7.05 Å². The number of hydrogen-bond acceptors (Lipinski definition) is 3. The Kier molecular flexibility index (Phi) is 5.88. The first-order valence-electron chi connectivity index (χ1n) is 7.43. The van der Waals surface area contributed by atoms with Crippen LogP contribution in [0, 0.1) is 0 Å². The second kappa shape index (κ2) is 8.10. The highest BCUT2D eigenvalue weighted by atomic mass is 16.2. The largest absolute Gasteiger partial charge is 0.341 e. The van der Waals surface area contributed by atoms with Crippen LogP contribution in [0.2, 0.25) is 0 Å². The van der Waals surface area contributed by atoms with E-state index in [9.17, 15) is 9.59 Å². The van der Waals surface area contributed by atoms with Gasteiger partial charge in [-0.15, -0.1) is 0 Å². The zero-order chi connectivity index (χ0) is 16.7. The van der Waals surface area contributed by atoms with Crippen molar-refractivity contribution in [2.45, 2.75) is 6.04 Å². The van der Waals surface area contributed by atoms with Gasteiger partial charge in [-0.25, -0.2) is 4.79 Å². The lowest BCUT2D eigenvalue weighted by molar-refractivity contribution is -0.121. The maximum absolute atomic E-state index is 12.0. The van der Waals surface area contributed by atoms with Crippen molar-refractivity contribution < 1.29 is 9.59 Å². The number of urea groups is 1. The minimum absolute atomic E-state index is 0.0622. The lowest BCUT2D eigenvalue weighted by atomic mass is 9.97. The van der Waals surface area contributed by atoms with Crippen LogP contribution in [0.15, 0.2) is 60.7 Å². The number of imide groups is 1. The quantitative estimate of drug-likeness (QED) is 0.889. The smallest absolute Gasteiger partial charge is 0.321 e. The van der Waals surface area contributed by atoms with Gasteiger partial charge in [-0.05, 0) is 18.2 Å². The Labute approximate surface area is 136 Å². The zero-order valence-corrected chi connectivity index (χ0v) is 13.3. The molecule has 0 aliphatic heterocycles. The Morgan fingerprint density at radius 2 is 1.43 bits per heavy atom. The van der Waals surface area contributed by atoms with Gasteiger partial charge in [0.05, 0.1) is 12.6 Å². The maximum Gasteiger partial charge on any atom is 0.321 e. The summed E-state index contributed by atoms with van der Waals surface area (Å²) < 4.78 is 0. The second-order valence-corrected chi connectivity index (χ2v) is 5.27. The number of carbonyl (C=O) groups excluding carboxylic acids is 2. The Hall–Kier alpha value is -2.66. The molecule has 2 N–H and O–H groups in total. The van der Waals surface area contributed by atoms with Gasteiger partial charge in [-0.3, -0.25) is 15.0 Å². The molecule has 120 valence electrons. The molecule has 0 saturated carbocycles. The van der Waals surface area contributed by atoms with Gasteiger partial charge >= 0.3 is 6.03 Å². The van der Waals surface area contributed by atoms with Gasteiger partial charge in [0, 0.05) is 7.05 Å². The van der Waals surface area contributed by atoms with Crippen molar-refractivity contribution >= 4 is 11.9 Å². The van der Waals surface area contributed by atoms with Gasteiger partial charge in [0.1, 0.15) is 0 Å². The van der Waals surface area contributed by atoms with Crippen molar-refractivity contribution in [2.24, 2.45) is 0 Å². The molecule has 0 aliphatic rings. The van der Waals surface area contributed by atoms with Gasteiger partial charge in [0.2, 0.25) is 5.91 Å². The Morgan fingerprint density at radius 1 is 0.957 bits per heavy atom. The summed E-state index contributed by atoms with van der Waals surface area (Å²) in [4.78, 5) is 25.1. The number of hydrogen-bond donors (Lipinski definition) is 2. The summed E-state index contributed by atoms with van der Waals surface area (Å²) >= 11 is 0. The van der Waals surface area contributed by atoms with Crippen LogP contribution < -0.4 is 10.6 Å². The van der Waals surface area contributed by atoms with Gasteiger partial charge in [0.15, 0.2) is 0 Å². The summed E-state index contributed by atoms with van der Waals surface area (Å²) in [5, 5.41) is 4.66. The number of benzene rings is 2. The van der Waals surface area contributed by atoms with E-state index < -0.39 is 6.03 Å². The molecule has 0 spiro atoms. The van der Waals surface area contributed by atoms with Crippen molar-refractivity contribution in [2.75, 3.05) is 20.6 Å². The highest BCUT2D eigenvalue weighted by Crippen LogP contribution is 2.26. The molecule has 0 bridgehead atoms. The number of amides is 3. The van der Waals surface area contributed by atoms with E-state index in [1.807, 2.05) is 72.6 Å². The van der Waals surface area contributed by atoms with Gasteiger partial charge in [-0.1, -0.05) is 60.7 Å². The molecule has 0 saturated heterocycles. The van der Waals surface area contributed by atoms with Crippen LogP contribution in [0.25, 0.3) is 0 Å². The van der Waals surface area contributed by atoms with E-state index in [4.69, 9.17) is 0 Å². The molecule has 0 radical (unpaired) electrons. The molecule has 2 aromatic rings. The SMILES string of the molecule is CNC(=O)NC(=O)CN(C)C(c1ccccc1)c1ccccc1. The number of carbonyl (C=O) groups is 2. The van der Waals surface area contributed by atoms with Crippen LogP contribution in [0.4, 0.5) is 4.79 Å². The fraction of sp³-hybridized carbons (Fsp3) is 0.222. The molecule has 0 fully saturated rings. The highest BCUT2D eigenvalue weighted by molar-refractivity contribution is 5.95. The standard InChI is InChI=1S/C18H21N3O2/c1-19-18(23)20-16(22)13-21(2)17(14-9-5-3-6-10-14)15-11-7-4-8-12-15/h3-12,17H,13H2,1-2H3,(H2,19,20,22,23). The molecule has 3 amide bonds. The number of nitrogens with zero attached hydrogens (tertiary/aromatic N) is 1. The molecule has 5 nitrogen and oxygen atoms in total. The number of nitrogens with one attached hydrogen (secondary N) is 2. The zero-order valence-electron chi connectivity index (χ0n) is 13.3. The summed E-state index contributed by atoms with van der Waals surface area (Å²) in [6.45, 7) is 0.113. The monoisotopic (exact) mass is 311 g/mol. The van der Waals surface area contributed by atoms with Crippen molar-refractivity contribution in [3.05, 3.63) is 71.8 Å². The topological polar surface area (TPSA) is 61.4 Å². The molecule has 0 unspecified atom stereocenters. The van der Waals surface area contributed by atoms with Crippen LogP contribution in [0.1, 0.15) is 17.2 Å². The summed E-state index contributed by atoms with van der Waals surface area (Å²) in [6, 6.07) is 19.4. The first-order valence-corrected chi connectivity index (χ1v) is 7.43. The predicted octanol–water partition coefficient (Wildman–Crippen LogP) is 2.16. The molecule has 23 heavy (non-hydrogen) atoms. The third kappa shape index (κ3) is 4.66. The minimum atomic E-state index is -0.501. The molecule has 2 aromatic carbocycles. The van der Waals surface area contributed by atoms with E-state index in [2.05, 4.69) is 10.6 Å². The lowest BCUT2D eigenvalue weighted by Gasteiger charge is -2.28. The summed E-state index contributed by atoms with van der Waals surface area (Å²) in [6.07, 6.45) is 0. The van der Waals surface area contributed by atoms with E-state index in [-0.39, 0.29) is 18.5 Å². The van der Waals surface area contributed by atoms with E-state index in [1.54, 1.807) is 0 Å². The first kappa shape index (κ1) is 16.7. The Bertz CT molecular complexity index is 604. The lowest BCUT2D eigenvalue weighted by Crippen LogP contribution is -2.43. The van der Waals surface area contributed by atoms with Crippen LogP contribution in [0.5, 0.6) is 0 Å². The molecular weight excluding hydrogens is 290 g/mol. The van der Waals surface area contributed by atoms with Crippen LogP contribution in [-0.2, 0) is 4.79 Å². The summed E-state index contributed by atoms with van der Waals surface area (Å²) in [7, 11) is 3.34. The fourth-order valence-electron chi connectivity index (χ4n) is 2.52. The van der Waals surface area contributed by atoms with Crippen LogP contribution in [-0.4, -0.2) is 37.5 Å². The van der Waals surface area contributed by atoms with E-state index >= 15 is 0 Å². The average molecular weight is 311 g/mol. The second-order valence-electron chi connectivity index (χ2n) is 5.27. The molecule has 0 heterocycles. The summed E-state index contributed by atoms with van der Waals surface area (Å²) in [5.41, 5.74) is 2.18. The maximum atomic E-state index is 12.0. The average Bonchev–Trinajstić information content (AvgIpc) is 2.56. The normalized spacial score (nSPS) is 10.6. The fourth-order valence-corrected chi connectivity index (χ4v) is 2.52. The number of rotatable bonds is 5. The van der Waals surface area contributed by atoms with Crippen molar-refractivity contribution in [1.82, 2.24) is 15.5 Å². The van der Waals surface area contributed by atoms with Gasteiger partial charge < -0.3 is 5.32 Å². The summed E-state index contributed by atoms with van der Waals surface area (Å²) in [5.74, 6) is -0.344. The molecule has 5 heteroatoms. The molecule has 0 aliphatic carbocycles. The molecule has 0 atom stereocenters. The first-order chi connectivity index (χ1) is 11.1.